The molecule has 32 heavy (non-hydrogen) atoms. The van der Waals surface area contributed by atoms with Crippen molar-refractivity contribution in [3.63, 3.8) is 0 Å². The molecule has 3 amide bonds. The smallest absolute Gasteiger partial charge is 0.326 e. The third kappa shape index (κ3) is 10.7. The molecule has 0 spiro atoms. The standard InChI is InChI=1S/C18H32N4O9S/c1-8(23)13(19)16(28)22-14(9(2)24)17(29)20-10(4-5-12(25)26)15(27)21-11(18(30)31)6-7-32-3/h8-11,13-14,23-24H,4-7,19H2,1-3H3,(H,20,29)(H,21,27)(H,22,28)(H,25,26)(H,30,31). The lowest BCUT2D eigenvalue weighted by Crippen LogP contribution is -2.60. The van der Waals surface area contributed by atoms with Gasteiger partial charge in [0.25, 0.3) is 0 Å². The van der Waals surface area contributed by atoms with E-state index in [1.165, 1.54) is 25.6 Å². The van der Waals surface area contributed by atoms with E-state index in [0.29, 0.717) is 5.75 Å². The molecule has 0 aromatic heterocycles. The number of aliphatic hydroxyl groups excluding tert-OH is 2. The molecule has 0 aromatic rings. The van der Waals surface area contributed by atoms with Gasteiger partial charge in [-0.2, -0.15) is 11.8 Å². The number of amides is 3. The molecule has 0 bridgehead atoms. The van der Waals surface area contributed by atoms with Crippen LogP contribution >= 0.6 is 11.8 Å². The van der Waals surface area contributed by atoms with Crippen LogP contribution in [0.2, 0.25) is 0 Å². The average molecular weight is 481 g/mol. The third-order valence-corrected chi connectivity index (χ3v) is 5.03. The van der Waals surface area contributed by atoms with E-state index >= 15 is 0 Å². The van der Waals surface area contributed by atoms with Crippen molar-refractivity contribution in [2.24, 2.45) is 5.73 Å². The molecule has 9 N–H and O–H groups in total. The molecule has 13 nitrogen and oxygen atoms in total. The zero-order valence-electron chi connectivity index (χ0n) is 18.1. The monoisotopic (exact) mass is 480 g/mol. The van der Waals surface area contributed by atoms with Gasteiger partial charge in [-0.3, -0.25) is 19.2 Å². The fraction of sp³-hybridized carbons (Fsp3) is 0.722. The summed E-state index contributed by atoms with van der Waals surface area (Å²) in [7, 11) is 0. The number of nitrogens with one attached hydrogen (secondary N) is 3. The molecule has 0 fully saturated rings. The first kappa shape index (κ1) is 29.6. The molecule has 0 aliphatic rings. The number of carbonyl (C=O) groups is 5. The zero-order valence-corrected chi connectivity index (χ0v) is 18.9. The van der Waals surface area contributed by atoms with Crippen LogP contribution < -0.4 is 21.7 Å². The lowest BCUT2D eigenvalue weighted by Gasteiger charge is -2.26. The molecule has 0 saturated heterocycles. The first-order chi connectivity index (χ1) is 14.8. The first-order valence-corrected chi connectivity index (χ1v) is 11.2. The zero-order chi connectivity index (χ0) is 25.0. The van der Waals surface area contributed by atoms with Gasteiger partial charge in [-0.1, -0.05) is 0 Å². The number of hydrogen-bond acceptors (Lipinski definition) is 9. The topological polar surface area (TPSA) is 228 Å². The number of rotatable bonds is 15. The van der Waals surface area contributed by atoms with Crippen molar-refractivity contribution in [2.45, 2.75) is 69.5 Å². The predicted molar refractivity (Wildman–Crippen MR) is 115 cm³/mol. The number of aliphatic hydroxyl groups is 2. The van der Waals surface area contributed by atoms with E-state index in [2.05, 4.69) is 16.0 Å². The van der Waals surface area contributed by atoms with E-state index in [9.17, 15) is 39.3 Å². The van der Waals surface area contributed by atoms with Gasteiger partial charge in [0.1, 0.15) is 24.2 Å². The van der Waals surface area contributed by atoms with Crippen molar-refractivity contribution in [3.05, 3.63) is 0 Å². The van der Waals surface area contributed by atoms with Crippen LogP contribution in [-0.2, 0) is 24.0 Å². The van der Waals surface area contributed by atoms with Crippen molar-refractivity contribution < 1.29 is 44.4 Å². The number of carboxylic acid groups (broad SMARTS) is 2. The Morgan fingerprint density at radius 3 is 1.84 bits per heavy atom. The van der Waals surface area contributed by atoms with Gasteiger partial charge in [0.15, 0.2) is 0 Å². The van der Waals surface area contributed by atoms with Gasteiger partial charge in [-0.15, -0.1) is 0 Å². The molecule has 6 unspecified atom stereocenters. The van der Waals surface area contributed by atoms with Crippen LogP contribution in [0.25, 0.3) is 0 Å². The highest BCUT2D eigenvalue weighted by molar-refractivity contribution is 7.98. The summed E-state index contributed by atoms with van der Waals surface area (Å²) in [4.78, 5) is 59.6. The third-order valence-electron chi connectivity index (χ3n) is 4.39. The SMILES string of the molecule is CSCCC(NC(=O)C(CCC(=O)O)NC(=O)C(NC(=O)C(N)C(C)O)C(C)O)C(=O)O. The van der Waals surface area contributed by atoms with E-state index in [-0.39, 0.29) is 12.8 Å². The molecule has 0 aromatic carbocycles. The molecule has 14 heteroatoms. The van der Waals surface area contributed by atoms with Crippen molar-refractivity contribution >= 4 is 41.4 Å². The summed E-state index contributed by atoms with van der Waals surface area (Å²) in [6.45, 7) is 2.44. The Morgan fingerprint density at radius 1 is 0.844 bits per heavy atom. The highest BCUT2D eigenvalue weighted by atomic mass is 32.2. The Labute approximate surface area is 189 Å². The Morgan fingerprint density at radius 2 is 1.41 bits per heavy atom. The predicted octanol–water partition coefficient (Wildman–Crippen LogP) is -2.77. The molecule has 0 aliphatic carbocycles. The van der Waals surface area contributed by atoms with Crippen LogP contribution in [0.5, 0.6) is 0 Å². The van der Waals surface area contributed by atoms with Gasteiger partial charge >= 0.3 is 11.9 Å². The number of nitrogens with two attached hydrogens (primary N) is 1. The molecule has 0 rings (SSSR count). The van der Waals surface area contributed by atoms with Gasteiger partial charge in [-0.25, -0.2) is 4.79 Å². The van der Waals surface area contributed by atoms with Gasteiger partial charge in [0.2, 0.25) is 17.7 Å². The molecular formula is C18H32N4O9S. The van der Waals surface area contributed by atoms with E-state index in [1.54, 1.807) is 6.26 Å². The Hall–Kier alpha value is -2.42. The number of thioether (sulfide) groups is 1. The van der Waals surface area contributed by atoms with Crippen LogP contribution in [0.15, 0.2) is 0 Å². The Kier molecular flexibility index (Phi) is 13.5. The lowest BCUT2D eigenvalue weighted by atomic mass is 10.1. The molecule has 0 aliphatic heterocycles. The first-order valence-electron chi connectivity index (χ1n) is 9.78. The van der Waals surface area contributed by atoms with Crippen molar-refractivity contribution in [1.82, 2.24) is 16.0 Å². The van der Waals surface area contributed by atoms with Gasteiger partial charge < -0.3 is 42.1 Å². The van der Waals surface area contributed by atoms with E-state index in [0.717, 1.165) is 0 Å². The van der Waals surface area contributed by atoms with E-state index in [1.807, 2.05) is 0 Å². The van der Waals surface area contributed by atoms with Crippen LogP contribution in [-0.4, -0.2) is 98.5 Å². The molecule has 0 heterocycles. The van der Waals surface area contributed by atoms with Crippen LogP contribution in [0.3, 0.4) is 0 Å². The largest absolute Gasteiger partial charge is 0.481 e. The number of carboxylic acids is 2. The van der Waals surface area contributed by atoms with E-state index < -0.39 is 72.5 Å². The molecule has 0 saturated carbocycles. The second-order valence-electron chi connectivity index (χ2n) is 7.17. The lowest BCUT2D eigenvalue weighted by molar-refractivity contribution is -0.143. The fourth-order valence-electron chi connectivity index (χ4n) is 2.44. The number of carbonyl (C=O) groups excluding carboxylic acids is 3. The number of aliphatic carboxylic acids is 2. The normalized spacial score (nSPS) is 16.6. The van der Waals surface area contributed by atoms with Crippen LogP contribution in [0.4, 0.5) is 0 Å². The quantitative estimate of drug-likeness (QED) is 0.120. The maximum Gasteiger partial charge on any atom is 0.326 e. The maximum absolute atomic E-state index is 12.6. The van der Waals surface area contributed by atoms with Gasteiger partial charge in [0, 0.05) is 6.42 Å². The summed E-state index contributed by atoms with van der Waals surface area (Å²) in [6.07, 6.45) is -1.70. The van der Waals surface area contributed by atoms with E-state index in [4.69, 9.17) is 10.8 Å². The molecule has 6 atom stereocenters. The molecular weight excluding hydrogens is 448 g/mol. The summed E-state index contributed by atoms with van der Waals surface area (Å²) in [5, 5.41) is 44.1. The highest BCUT2D eigenvalue weighted by Crippen LogP contribution is 2.05. The molecule has 184 valence electrons. The van der Waals surface area contributed by atoms with Gasteiger partial charge in [-0.05, 0) is 38.7 Å². The maximum atomic E-state index is 12.6. The highest BCUT2D eigenvalue weighted by Gasteiger charge is 2.33. The average Bonchev–Trinajstić information content (AvgIpc) is 2.70. The fourth-order valence-corrected chi connectivity index (χ4v) is 2.91. The minimum Gasteiger partial charge on any atom is -0.481 e. The molecule has 0 radical (unpaired) electrons. The Bertz CT molecular complexity index is 675. The summed E-state index contributed by atoms with van der Waals surface area (Å²) in [5.41, 5.74) is 5.50. The summed E-state index contributed by atoms with van der Waals surface area (Å²) >= 11 is 1.37. The Balaban J connectivity index is 5.47. The van der Waals surface area contributed by atoms with Crippen molar-refractivity contribution in [3.8, 4) is 0 Å². The van der Waals surface area contributed by atoms with Crippen molar-refractivity contribution in [1.29, 1.82) is 0 Å². The van der Waals surface area contributed by atoms with Gasteiger partial charge in [0.05, 0.1) is 12.2 Å². The summed E-state index contributed by atoms with van der Waals surface area (Å²) in [5.74, 6) is -4.99. The van der Waals surface area contributed by atoms with Crippen LogP contribution in [0, 0.1) is 0 Å². The van der Waals surface area contributed by atoms with Crippen LogP contribution in [0.1, 0.15) is 33.1 Å². The second-order valence-corrected chi connectivity index (χ2v) is 8.15. The minimum absolute atomic E-state index is 0.103. The second kappa shape index (κ2) is 14.6. The van der Waals surface area contributed by atoms with Crippen molar-refractivity contribution in [2.75, 3.05) is 12.0 Å². The summed E-state index contributed by atoms with van der Waals surface area (Å²) < 4.78 is 0. The minimum atomic E-state index is -1.57. The summed E-state index contributed by atoms with van der Waals surface area (Å²) in [6, 6.07) is -5.66. The number of hydrogen-bond donors (Lipinski definition) is 8.